The molecule has 1 N–H and O–H groups in total. The Morgan fingerprint density at radius 3 is 2.81 bits per heavy atom. The van der Waals surface area contributed by atoms with Crippen LogP contribution >= 0.6 is 0 Å². The Bertz CT molecular complexity index is 659. The monoisotopic (exact) mass is 286 g/mol. The number of amides is 1. The van der Waals surface area contributed by atoms with Crippen LogP contribution in [0.15, 0.2) is 39.9 Å². The van der Waals surface area contributed by atoms with Gasteiger partial charge in [0, 0.05) is 5.56 Å². The molecule has 1 aromatic carbocycles. The lowest BCUT2D eigenvalue weighted by Crippen LogP contribution is -2.17. The van der Waals surface area contributed by atoms with Crippen molar-refractivity contribution in [2.24, 2.45) is 5.10 Å². The first kappa shape index (κ1) is 14.8. The first-order valence-corrected chi connectivity index (χ1v) is 6.74. The number of carbonyl (C=O) groups is 1. The van der Waals surface area contributed by atoms with Gasteiger partial charge in [-0.15, -0.1) is 0 Å². The lowest BCUT2D eigenvalue weighted by molar-refractivity contribution is 0.0953. The number of carbonyl (C=O) groups excluding carboxylic acids is 1. The van der Waals surface area contributed by atoms with Crippen LogP contribution in [0.3, 0.4) is 0 Å². The van der Waals surface area contributed by atoms with Crippen molar-refractivity contribution in [3.05, 3.63) is 53.0 Å². The van der Waals surface area contributed by atoms with Gasteiger partial charge in [-0.1, -0.05) is 12.1 Å². The van der Waals surface area contributed by atoms with E-state index in [9.17, 15) is 4.79 Å². The fraction of sp³-hybridized carbons (Fsp3) is 0.250. The van der Waals surface area contributed by atoms with E-state index in [2.05, 4.69) is 10.5 Å². The largest absolute Gasteiger partial charge is 0.493 e. The molecule has 0 spiro atoms. The van der Waals surface area contributed by atoms with E-state index in [0.717, 1.165) is 11.3 Å². The lowest BCUT2D eigenvalue weighted by Gasteiger charge is -2.05. The summed E-state index contributed by atoms with van der Waals surface area (Å²) in [5, 5.41) is 3.96. The average Bonchev–Trinajstić information content (AvgIpc) is 2.80. The fourth-order valence-electron chi connectivity index (χ4n) is 1.95. The molecule has 5 nitrogen and oxygen atoms in total. The summed E-state index contributed by atoms with van der Waals surface area (Å²) >= 11 is 0. The molecule has 5 heteroatoms. The smallest absolute Gasteiger partial charge is 0.274 e. The zero-order valence-corrected chi connectivity index (χ0v) is 12.3. The van der Waals surface area contributed by atoms with Crippen molar-refractivity contribution < 1.29 is 13.9 Å². The molecule has 0 unspecified atom stereocenters. The highest BCUT2D eigenvalue weighted by Crippen LogP contribution is 2.16. The number of benzene rings is 1. The number of hydrogen-bond donors (Lipinski definition) is 1. The number of rotatable bonds is 5. The second-order valence-electron chi connectivity index (χ2n) is 4.50. The number of hydrogen-bond acceptors (Lipinski definition) is 4. The molecule has 1 heterocycles. The molecule has 0 radical (unpaired) electrons. The molecular weight excluding hydrogens is 268 g/mol. The predicted octanol–water partition coefficient (Wildman–Crippen LogP) is 3.06. The normalized spacial score (nSPS) is 10.8. The fourth-order valence-corrected chi connectivity index (χ4v) is 1.95. The molecule has 110 valence electrons. The summed E-state index contributed by atoms with van der Waals surface area (Å²) in [7, 11) is 0. The molecule has 21 heavy (non-hydrogen) atoms. The van der Waals surface area contributed by atoms with Gasteiger partial charge in [0.15, 0.2) is 0 Å². The minimum absolute atomic E-state index is 0.297. The number of furan rings is 1. The highest BCUT2D eigenvalue weighted by molar-refractivity contribution is 5.96. The van der Waals surface area contributed by atoms with E-state index in [1.807, 2.05) is 31.2 Å². The predicted molar refractivity (Wildman–Crippen MR) is 80.9 cm³/mol. The van der Waals surface area contributed by atoms with E-state index in [1.54, 1.807) is 26.1 Å². The van der Waals surface area contributed by atoms with Crippen LogP contribution in [0.25, 0.3) is 0 Å². The number of aryl methyl sites for hydroxylation is 2. The summed E-state index contributed by atoms with van der Waals surface area (Å²) in [6.07, 6.45) is 1.56. The SMILES string of the molecule is CCOc1ccccc1/C=N/NC(=O)c1cc(C)oc1C. The third kappa shape index (κ3) is 3.72. The Morgan fingerprint density at radius 1 is 1.38 bits per heavy atom. The maximum absolute atomic E-state index is 12.0. The number of para-hydroxylation sites is 1. The van der Waals surface area contributed by atoms with Crippen molar-refractivity contribution >= 4 is 12.1 Å². The van der Waals surface area contributed by atoms with Crippen LogP contribution in [-0.4, -0.2) is 18.7 Å². The Labute approximate surface area is 123 Å². The van der Waals surface area contributed by atoms with E-state index in [0.29, 0.717) is 23.7 Å². The van der Waals surface area contributed by atoms with Crippen LogP contribution in [0.5, 0.6) is 5.75 Å². The Hall–Kier alpha value is -2.56. The second-order valence-corrected chi connectivity index (χ2v) is 4.50. The van der Waals surface area contributed by atoms with E-state index in [-0.39, 0.29) is 5.91 Å². The van der Waals surface area contributed by atoms with E-state index in [4.69, 9.17) is 9.15 Å². The van der Waals surface area contributed by atoms with Crippen LogP contribution in [0.2, 0.25) is 0 Å². The van der Waals surface area contributed by atoms with Crippen molar-refractivity contribution in [1.82, 2.24) is 5.43 Å². The number of nitrogens with zero attached hydrogens (tertiary/aromatic N) is 1. The zero-order valence-electron chi connectivity index (χ0n) is 12.3. The second kappa shape index (κ2) is 6.74. The van der Waals surface area contributed by atoms with Gasteiger partial charge in [-0.05, 0) is 39.0 Å². The number of nitrogens with one attached hydrogen (secondary N) is 1. The highest BCUT2D eigenvalue weighted by atomic mass is 16.5. The molecule has 0 bridgehead atoms. The minimum atomic E-state index is -0.297. The molecule has 0 aliphatic rings. The summed E-state index contributed by atoms with van der Waals surface area (Å²) < 4.78 is 10.8. The first-order valence-electron chi connectivity index (χ1n) is 6.74. The highest BCUT2D eigenvalue weighted by Gasteiger charge is 2.12. The quantitative estimate of drug-likeness (QED) is 0.678. The molecule has 1 amide bonds. The van der Waals surface area contributed by atoms with Gasteiger partial charge < -0.3 is 9.15 Å². The van der Waals surface area contributed by atoms with Gasteiger partial charge in [0.05, 0.1) is 18.4 Å². The third-order valence-electron chi connectivity index (χ3n) is 2.87. The maximum Gasteiger partial charge on any atom is 0.274 e. The van der Waals surface area contributed by atoms with Crippen LogP contribution < -0.4 is 10.2 Å². The van der Waals surface area contributed by atoms with E-state index < -0.39 is 0 Å². The van der Waals surface area contributed by atoms with Crippen molar-refractivity contribution in [1.29, 1.82) is 0 Å². The summed E-state index contributed by atoms with van der Waals surface area (Å²) in [5.41, 5.74) is 3.78. The first-order chi connectivity index (χ1) is 10.1. The molecule has 0 aliphatic carbocycles. The molecule has 0 fully saturated rings. The number of ether oxygens (including phenoxy) is 1. The molecule has 1 aromatic heterocycles. The minimum Gasteiger partial charge on any atom is -0.493 e. The van der Waals surface area contributed by atoms with Gasteiger partial charge in [-0.25, -0.2) is 5.43 Å². The lowest BCUT2D eigenvalue weighted by atomic mass is 10.2. The molecular formula is C16H18N2O3. The summed E-state index contributed by atoms with van der Waals surface area (Å²) in [6.45, 7) is 6.03. The molecule has 0 aliphatic heterocycles. The maximum atomic E-state index is 12.0. The van der Waals surface area contributed by atoms with E-state index >= 15 is 0 Å². The topological polar surface area (TPSA) is 63.8 Å². The van der Waals surface area contributed by atoms with Crippen molar-refractivity contribution in [2.75, 3.05) is 6.61 Å². The van der Waals surface area contributed by atoms with Gasteiger partial charge in [-0.3, -0.25) is 4.79 Å². The molecule has 2 aromatic rings. The Balaban J connectivity index is 2.06. The van der Waals surface area contributed by atoms with Gasteiger partial charge in [-0.2, -0.15) is 5.10 Å². The van der Waals surface area contributed by atoms with Crippen molar-refractivity contribution in [3.8, 4) is 5.75 Å². The Morgan fingerprint density at radius 2 is 2.14 bits per heavy atom. The van der Waals surface area contributed by atoms with E-state index in [1.165, 1.54) is 0 Å². The molecule has 0 saturated carbocycles. The van der Waals surface area contributed by atoms with Crippen LogP contribution in [0, 0.1) is 13.8 Å². The summed E-state index contributed by atoms with van der Waals surface area (Å²) in [6, 6.07) is 9.19. The average molecular weight is 286 g/mol. The van der Waals surface area contributed by atoms with Crippen LogP contribution in [0.4, 0.5) is 0 Å². The molecule has 0 saturated heterocycles. The van der Waals surface area contributed by atoms with Crippen molar-refractivity contribution in [2.45, 2.75) is 20.8 Å². The van der Waals surface area contributed by atoms with Gasteiger partial charge >= 0.3 is 0 Å². The summed E-state index contributed by atoms with van der Waals surface area (Å²) in [5.74, 6) is 1.71. The zero-order chi connectivity index (χ0) is 15.2. The summed E-state index contributed by atoms with van der Waals surface area (Å²) in [4.78, 5) is 12.0. The standard InChI is InChI=1S/C16H18N2O3/c1-4-20-15-8-6-5-7-13(15)10-17-18-16(19)14-9-11(2)21-12(14)3/h5-10H,4H2,1-3H3,(H,18,19)/b17-10+. The third-order valence-corrected chi connectivity index (χ3v) is 2.87. The van der Waals surface area contributed by atoms with Gasteiger partial charge in [0.2, 0.25) is 0 Å². The van der Waals surface area contributed by atoms with Crippen molar-refractivity contribution in [3.63, 3.8) is 0 Å². The Kier molecular flexibility index (Phi) is 4.77. The van der Waals surface area contributed by atoms with Gasteiger partial charge in [0.1, 0.15) is 17.3 Å². The molecule has 2 rings (SSSR count). The van der Waals surface area contributed by atoms with Crippen LogP contribution in [-0.2, 0) is 0 Å². The van der Waals surface area contributed by atoms with Gasteiger partial charge in [0.25, 0.3) is 5.91 Å². The molecule has 0 atom stereocenters. The van der Waals surface area contributed by atoms with Crippen LogP contribution in [0.1, 0.15) is 34.4 Å². The number of hydrazone groups is 1.